The first kappa shape index (κ1) is 35.8. The Morgan fingerprint density at radius 3 is 1.13 bits per heavy atom. The lowest BCUT2D eigenvalue weighted by Gasteiger charge is -2.42. The van der Waals surface area contributed by atoms with Crippen molar-refractivity contribution in [3.63, 3.8) is 0 Å². The van der Waals surface area contributed by atoms with E-state index >= 15 is 0 Å². The van der Waals surface area contributed by atoms with Crippen LogP contribution in [0.2, 0.25) is 51.4 Å². The van der Waals surface area contributed by atoms with Crippen LogP contribution in [0.1, 0.15) is 12.8 Å². The van der Waals surface area contributed by atoms with Crippen molar-refractivity contribution < 1.29 is 53.1 Å². The van der Waals surface area contributed by atoms with E-state index in [0.29, 0.717) is 38.5 Å². The molecule has 0 N–H and O–H groups in total. The normalized spacial score (nSPS) is 20.5. The maximum absolute atomic E-state index is 6.63. The SMILES string of the molecule is CO[Si](CCCOCC1CO1)(OC)O[Si](C)(C)O[Si](C)(C)O[Si](C)(C)O[Si](CCCOCC1CO1)(OC)OC. The average molecular weight is 649 g/mol. The van der Waals surface area contributed by atoms with Gasteiger partial charge in [0, 0.05) is 53.7 Å². The highest BCUT2D eigenvalue weighted by atomic mass is 28.5. The molecule has 0 spiro atoms. The standard InChI is InChI=1S/C22H52O12Si5/c1-23-38(24-2,15-11-13-27-17-21-19-29-21)33-36(7,8)31-35(5,6)32-37(9,10)34-39(25-3,26-4)16-12-14-28-18-22-20-30-22/h21-22H,11-20H2,1-10H3. The molecule has 2 aliphatic rings. The fourth-order valence-corrected chi connectivity index (χ4v) is 25.9. The van der Waals surface area contributed by atoms with Crippen molar-refractivity contribution in [2.75, 3.05) is 68.1 Å². The van der Waals surface area contributed by atoms with Crippen molar-refractivity contribution in [1.29, 1.82) is 0 Å². The van der Waals surface area contributed by atoms with E-state index in [0.717, 1.165) is 26.1 Å². The van der Waals surface area contributed by atoms with Crippen LogP contribution >= 0.6 is 0 Å². The molecule has 2 atom stereocenters. The van der Waals surface area contributed by atoms with Crippen molar-refractivity contribution in [1.82, 2.24) is 0 Å². The molecule has 0 aromatic rings. The van der Waals surface area contributed by atoms with Crippen LogP contribution in [0.15, 0.2) is 0 Å². The molecule has 39 heavy (non-hydrogen) atoms. The van der Waals surface area contributed by atoms with Crippen LogP contribution in [0.5, 0.6) is 0 Å². The quantitative estimate of drug-likeness (QED) is 0.0869. The predicted octanol–water partition coefficient (Wildman–Crippen LogP) is 3.23. The highest BCUT2D eigenvalue weighted by Gasteiger charge is 2.51. The summed E-state index contributed by atoms with van der Waals surface area (Å²) in [4.78, 5) is 0. The summed E-state index contributed by atoms with van der Waals surface area (Å²) in [6, 6.07) is 1.26. The number of hydrogen-bond donors (Lipinski definition) is 0. The molecule has 0 radical (unpaired) electrons. The molecule has 12 nitrogen and oxygen atoms in total. The molecule has 2 saturated heterocycles. The second kappa shape index (κ2) is 15.9. The maximum Gasteiger partial charge on any atom is 0.491 e. The highest BCUT2D eigenvalue weighted by molar-refractivity contribution is 6.88. The molecule has 2 rings (SSSR count). The number of hydrogen-bond acceptors (Lipinski definition) is 12. The number of epoxide rings is 2. The second-order valence-electron chi connectivity index (χ2n) is 11.1. The van der Waals surface area contributed by atoms with Gasteiger partial charge < -0.3 is 53.1 Å². The molecule has 0 aliphatic carbocycles. The Labute approximate surface area is 240 Å². The van der Waals surface area contributed by atoms with Gasteiger partial charge in [0.2, 0.25) is 0 Å². The van der Waals surface area contributed by atoms with E-state index in [9.17, 15) is 0 Å². The third-order valence-electron chi connectivity index (χ3n) is 5.99. The Kier molecular flexibility index (Phi) is 14.6. The van der Waals surface area contributed by atoms with Gasteiger partial charge in [0.05, 0.1) is 26.4 Å². The second-order valence-corrected chi connectivity index (χ2v) is 28.1. The van der Waals surface area contributed by atoms with Crippen molar-refractivity contribution in [2.45, 2.75) is 76.4 Å². The fourth-order valence-electron chi connectivity index (χ4n) is 4.38. The predicted molar refractivity (Wildman–Crippen MR) is 156 cm³/mol. The smallest absolute Gasteiger partial charge is 0.416 e. The van der Waals surface area contributed by atoms with Gasteiger partial charge >= 0.3 is 43.3 Å². The lowest BCUT2D eigenvalue weighted by molar-refractivity contribution is 0.105. The number of rotatable bonds is 24. The van der Waals surface area contributed by atoms with Crippen LogP contribution < -0.4 is 0 Å². The first-order valence-electron chi connectivity index (χ1n) is 13.6. The van der Waals surface area contributed by atoms with E-state index in [-0.39, 0.29) is 12.2 Å². The van der Waals surface area contributed by atoms with Gasteiger partial charge in [-0.25, -0.2) is 0 Å². The summed E-state index contributed by atoms with van der Waals surface area (Å²) in [6.07, 6.45) is 2.02. The summed E-state index contributed by atoms with van der Waals surface area (Å²) in [7, 11) is -7.54. The van der Waals surface area contributed by atoms with Gasteiger partial charge in [0.25, 0.3) is 0 Å². The minimum absolute atomic E-state index is 0.249. The van der Waals surface area contributed by atoms with Crippen LogP contribution in [-0.2, 0) is 53.1 Å². The van der Waals surface area contributed by atoms with Crippen LogP contribution in [-0.4, -0.2) is 124 Å². The minimum atomic E-state index is -2.95. The van der Waals surface area contributed by atoms with Gasteiger partial charge in [-0.15, -0.1) is 0 Å². The Bertz CT molecular complexity index is 645. The molecule has 232 valence electrons. The summed E-state index contributed by atoms with van der Waals surface area (Å²) < 4.78 is 71.4. The van der Waals surface area contributed by atoms with Gasteiger partial charge in [0.15, 0.2) is 0 Å². The molecule has 0 bridgehead atoms. The Hall–Kier alpha value is 0.604. The van der Waals surface area contributed by atoms with Gasteiger partial charge in [-0.05, 0) is 52.1 Å². The van der Waals surface area contributed by atoms with Crippen molar-refractivity contribution in [2.24, 2.45) is 0 Å². The van der Waals surface area contributed by atoms with Crippen molar-refractivity contribution >= 4 is 43.3 Å². The third kappa shape index (κ3) is 14.1. The summed E-state index contributed by atoms with van der Waals surface area (Å²) in [5.41, 5.74) is 0. The van der Waals surface area contributed by atoms with E-state index in [1.54, 1.807) is 28.4 Å². The Morgan fingerprint density at radius 2 is 0.846 bits per heavy atom. The third-order valence-corrected chi connectivity index (χ3v) is 24.7. The molecule has 2 heterocycles. The molecule has 0 saturated carbocycles. The lowest BCUT2D eigenvalue weighted by Crippen LogP contribution is -2.61. The first-order valence-corrected chi connectivity index (χ1v) is 25.9. The molecule has 0 amide bonds. The zero-order valence-corrected chi connectivity index (χ0v) is 30.6. The van der Waals surface area contributed by atoms with E-state index in [1.165, 1.54) is 0 Å². The summed E-state index contributed by atoms with van der Waals surface area (Å²) in [6.45, 7) is 16.0. The molecule has 0 aromatic carbocycles. The monoisotopic (exact) mass is 648 g/mol. The van der Waals surface area contributed by atoms with E-state index in [4.69, 9.17) is 53.1 Å². The first-order chi connectivity index (χ1) is 18.2. The highest BCUT2D eigenvalue weighted by Crippen LogP contribution is 2.29. The van der Waals surface area contributed by atoms with Gasteiger partial charge in [-0.1, -0.05) is 0 Å². The fraction of sp³-hybridized carbons (Fsp3) is 1.00. The molecular weight excluding hydrogens is 597 g/mol. The van der Waals surface area contributed by atoms with E-state index in [2.05, 4.69) is 0 Å². The van der Waals surface area contributed by atoms with Gasteiger partial charge in [0.1, 0.15) is 12.2 Å². The molecule has 0 aromatic heterocycles. The maximum atomic E-state index is 6.63. The molecule has 2 fully saturated rings. The minimum Gasteiger partial charge on any atom is -0.416 e. The zero-order chi connectivity index (χ0) is 29.2. The molecule has 2 unspecified atom stereocenters. The Balaban J connectivity index is 1.89. The number of ether oxygens (including phenoxy) is 4. The Morgan fingerprint density at radius 1 is 0.538 bits per heavy atom. The van der Waals surface area contributed by atoms with Crippen LogP contribution in [0.3, 0.4) is 0 Å². The average Bonchev–Trinajstić information content (AvgIpc) is 3.76. The van der Waals surface area contributed by atoms with Crippen molar-refractivity contribution in [3.8, 4) is 0 Å². The zero-order valence-electron chi connectivity index (χ0n) is 25.6. The van der Waals surface area contributed by atoms with Crippen molar-refractivity contribution in [3.05, 3.63) is 0 Å². The van der Waals surface area contributed by atoms with Crippen LogP contribution in [0.4, 0.5) is 0 Å². The topological polar surface area (TPSA) is 117 Å². The van der Waals surface area contributed by atoms with Gasteiger partial charge in [-0.3, -0.25) is 0 Å². The molecule has 2 aliphatic heterocycles. The summed E-state index contributed by atoms with van der Waals surface area (Å²) in [5, 5.41) is 0. The summed E-state index contributed by atoms with van der Waals surface area (Å²) >= 11 is 0. The van der Waals surface area contributed by atoms with E-state index < -0.39 is 43.3 Å². The van der Waals surface area contributed by atoms with E-state index in [1.807, 2.05) is 39.3 Å². The summed E-state index contributed by atoms with van der Waals surface area (Å²) in [5.74, 6) is 0. The van der Waals surface area contributed by atoms with Crippen LogP contribution in [0, 0.1) is 0 Å². The lowest BCUT2D eigenvalue weighted by atomic mass is 10.5. The molecular formula is C22H52O12Si5. The molecule has 17 heteroatoms. The largest absolute Gasteiger partial charge is 0.491 e. The van der Waals surface area contributed by atoms with Crippen LogP contribution in [0.25, 0.3) is 0 Å². The van der Waals surface area contributed by atoms with Gasteiger partial charge in [-0.2, -0.15) is 0 Å².